The predicted octanol–water partition coefficient (Wildman–Crippen LogP) is 4.47. The number of rotatable bonds is 6. The number of nitrogens with zero attached hydrogens (tertiary/aromatic N) is 3. The van der Waals surface area contributed by atoms with Gasteiger partial charge in [0.05, 0.1) is 4.90 Å². The minimum Gasteiger partial charge on any atom is -0.438 e. The molecule has 146 valence electrons. The summed E-state index contributed by atoms with van der Waals surface area (Å²) in [4.78, 5) is 0.205. The lowest BCUT2D eigenvalue weighted by Gasteiger charge is -2.09. The van der Waals surface area contributed by atoms with Gasteiger partial charge in [0.1, 0.15) is 5.75 Å². The van der Waals surface area contributed by atoms with Crippen LogP contribution in [0.3, 0.4) is 0 Å². The lowest BCUT2D eigenvalue weighted by molar-refractivity contribution is 0.454. The summed E-state index contributed by atoms with van der Waals surface area (Å²) in [5.41, 5.74) is 0.435. The fourth-order valence-corrected chi connectivity index (χ4v) is 3.95. The second-order valence-electron chi connectivity index (χ2n) is 6.01. The molecule has 0 atom stereocenters. The summed E-state index contributed by atoms with van der Waals surface area (Å²) >= 11 is 2.13. The van der Waals surface area contributed by atoms with Crippen molar-refractivity contribution in [1.82, 2.24) is 14.8 Å². The van der Waals surface area contributed by atoms with E-state index in [1.54, 1.807) is 60.7 Å². The minimum atomic E-state index is -3.65. The number of hydrogen-bond acceptors (Lipinski definition) is 5. The second-order valence-corrected chi connectivity index (χ2v) is 8.93. The molecule has 2 heterocycles. The fraction of sp³-hybridized carbons (Fsp3) is 0. The van der Waals surface area contributed by atoms with Crippen LogP contribution < -0.4 is 9.46 Å². The van der Waals surface area contributed by atoms with Gasteiger partial charge in [-0.3, -0.25) is 4.72 Å². The fourth-order valence-electron chi connectivity index (χ4n) is 2.53. The summed E-state index contributed by atoms with van der Waals surface area (Å²) in [7, 11) is -3.65. The molecule has 29 heavy (non-hydrogen) atoms. The monoisotopic (exact) mass is 518 g/mol. The number of ether oxygens (including phenoxy) is 1. The molecule has 0 unspecified atom stereocenters. The van der Waals surface area contributed by atoms with Gasteiger partial charge in [-0.25, -0.2) is 8.42 Å². The highest BCUT2D eigenvalue weighted by molar-refractivity contribution is 14.1. The van der Waals surface area contributed by atoms with Gasteiger partial charge in [0.15, 0.2) is 5.82 Å². The first-order chi connectivity index (χ1) is 14.0. The molecule has 0 saturated heterocycles. The van der Waals surface area contributed by atoms with Crippen LogP contribution in [0.2, 0.25) is 0 Å². The van der Waals surface area contributed by atoms with Crippen LogP contribution in [0.5, 0.6) is 11.6 Å². The standard InChI is InChI=1S/C20H15IN4O3S/c21-15-3-9-18(10-4-15)29(26,27)24-16-5-7-17(8-6-16)28-20-12-11-19(22-23-20)25-13-1-2-14-25/h1-14,24H. The SMILES string of the molecule is O=S(=O)(Nc1ccc(Oc2ccc(-n3cccc3)nn2)cc1)c1ccc(I)cc1. The van der Waals surface area contributed by atoms with E-state index in [9.17, 15) is 8.42 Å². The van der Waals surface area contributed by atoms with Crippen LogP contribution in [-0.2, 0) is 10.0 Å². The molecule has 0 spiro atoms. The Morgan fingerprint density at radius 2 is 1.55 bits per heavy atom. The van der Waals surface area contributed by atoms with Crippen molar-refractivity contribution in [3.8, 4) is 17.4 Å². The second kappa shape index (κ2) is 8.21. The molecule has 2 aromatic heterocycles. The Bertz CT molecular complexity index is 1190. The molecular weight excluding hydrogens is 503 g/mol. The summed E-state index contributed by atoms with van der Waals surface area (Å²) in [6, 6.07) is 20.5. The van der Waals surface area contributed by atoms with E-state index in [2.05, 4.69) is 37.5 Å². The molecule has 4 aromatic rings. The molecule has 0 bridgehead atoms. The topological polar surface area (TPSA) is 86.1 Å². The van der Waals surface area contributed by atoms with E-state index in [-0.39, 0.29) is 4.90 Å². The molecule has 1 N–H and O–H groups in total. The average Bonchev–Trinajstić information content (AvgIpc) is 3.25. The molecule has 0 amide bonds. The van der Waals surface area contributed by atoms with Gasteiger partial charge < -0.3 is 9.30 Å². The predicted molar refractivity (Wildman–Crippen MR) is 118 cm³/mol. The molecule has 7 nitrogen and oxygen atoms in total. The van der Waals surface area contributed by atoms with E-state index in [1.807, 2.05) is 29.1 Å². The van der Waals surface area contributed by atoms with E-state index < -0.39 is 10.0 Å². The van der Waals surface area contributed by atoms with E-state index in [0.717, 1.165) is 3.57 Å². The summed E-state index contributed by atoms with van der Waals surface area (Å²) in [5, 5.41) is 8.17. The molecule has 4 rings (SSSR count). The van der Waals surface area contributed by atoms with E-state index in [0.29, 0.717) is 23.1 Å². The number of anilines is 1. The zero-order valence-electron chi connectivity index (χ0n) is 14.9. The van der Waals surface area contributed by atoms with Gasteiger partial charge in [-0.05, 0) is 89.3 Å². The van der Waals surface area contributed by atoms with E-state index in [1.165, 1.54) is 0 Å². The molecule has 0 aliphatic heterocycles. The smallest absolute Gasteiger partial charge is 0.261 e. The quantitative estimate of drug-likeness (QED) is 0.381. The minimum absolute atomic E-state index is 0.205. The van der Waals surface area contributed by atoms with Crippen molar-refractivity contribution in [3.05, 3.63) is 88.8 Å². The number of aromatic nitrogens is 3. The first-order valence-corrected chi connectivity index (χ1v) is 11.1. The Kier molecular flexibility index (Phi) is 5.49. The molecule has 0 aliphatic rings. The summed E-state index contributed by atoms with van der Waals surface area (Å²) < 4.78 is 35.9. The highest BCUT2D eigenvalue weighted by Crippen LogP contribution is 2.23. The van der Waals surface area contributed by atoms with Gasteiger partial charge in [-0.15, -0.1) is 10.2 Å². The van der Waals surface area contributed by atoms with E-state index >= 15 is 0 Å². The van der Waals surface area contributed by atoms with Gasteiger partial charge in [-0.2, -0.15) is 0 Å². The average molecular weight is 518 g/mol. The lowest BCUT2D eigenvalue weighted by atomic mass is 10.3. The summed E-state index contributed by atoms with van der Waals surface area (Å²) in [5.74, 6) is 1.54. The summed E-state index contributed by atoms with van der Waals surface area (Å²) in [6.07, 6.45) is 3.75. The van der Waals surface area contributed by atoms with Crippen LogP contribution in [-0.4, -0.2) is 23.2 Å². The zero-order chi connectivity index (χ0) is 20.3. The van der Waals surface area contributed by atoms with Crippen molar-refractivity contribution in [2.45, 2.75) is 4.90 Å². The maximum absolute atomic E-state index is 12.5. The lowest BCUT2D eigenvalue weighted by Crippen LogP contribution is -2.12. The van der Waals surface area contributed by atoms with Gasteiger partial charge in [0.2, 0.25) is 5.88 Å². The first kappa shape index (κ1) is 19.4. The van der Waals surface area contributed by atoms with Gasteiger partial charge >= 0.3 is 0 Å². The Hall–Kier alpha value is -2.92. The molecule has 2 aromatic carbocycles. The van der Waals surface area contributed by atoms with Gasteiger partial charge in [-0.1, -0.05) is 0 Å². The first-order valence-electron chi connectivity index (χ1n) is 8.53. The number of nitrogens with one attached hydrogen (secondary N) is 1. The number of sulfonamides is 1. The van der Waals surface area contributed by atoms with Crippen LogP contribution in [0.1, 0.15) is 0 Å². The van der Waals surface area contributed by atoms with Crippen LogP contribution >= 0.6 is 22.6 Å². The molecule has 0 radical (unpaired) electrons. The zero-order valence-corrected chi connectivity index (χ0v) is 17.9. The number of benzene rings is 2. The normalized spacial score (nSPS) is 11.2. The van der Waals surface area contributed by atoms with Gasteiger partial charge in [0.25, 0.3) is 10.0 Å². The third kappa shape index (κ3) is 4.74. The molecule has 0 saturated carbocycles. The van der Waals surface area contributed by atoms with Crippen molar-refractivity contribution in [1.29, 1.82) is 0 Å². The van der Waals surface area contributed by atoms with Crippen LogP contribution in [0.4, 0.5) is 5.69 Å². The maximum atomic E-state index is 12.5. The third-order valence-electron chi connectivity index (χ3n) is 3.95. The van der Waals surface area contributed by atoms with Crippen LogP contribution in [0, 0.1) is 3.57 Å². The van der Waals surface area contributed by atoms with Crippen molar-refractivity contribution in [2.75, 3.05) is 4.72 Å². The summed E-state index contributed by atoms with van der Waals surface area (Å²) in [6.45, 7) is 0. The number of hydrogen-bond donors (Lipinski definition) is 1. The Labute approximate surface area is 181 Å². The van der Waals surface area contributed by atoms with Gasteiger partial charge in [0, 0.05) is 27.7 Å². The van der Waals surface area contributed by atoms with Crippen molar-refractivity contribution in [3.63, 3.8) is 0 Å². The maximum Gasteiger partial charge on any atom is 0.261 e. The Balaban J connectivity index is 1.43. The molecule has 0 aliphatic carbocycles. The van der Waals surface area contributed by atoms with E-state index in [4.69, 9.17) is 4.74 Å². The van der Waals surface area contributed by atoms with Crippen molar-refractivity contribution < 1.29 is 13.2 Å². The highest BCUT2D eigenvalue weighted by Gasteiger charge is 2.14. The number of halogens is 1. The molecule has 0 fully saturated rings. The third-order valence-corrected chi connectivity index (χ3v) is 6.06. The van der Waals surface area contributed by atoms with Crippen LogP contribution in [0.25, 0.3) is 5.82 Å². The Morgan fingerprint density at radius 1 is 0.862 bits per heavy atom. The molecule has 9 heteroatoms. The largest absolute Gasteiger partial charge is 0.438 e. The molecular formula is C20H15IN4O3S. The van der Waals surface area contributed by atoms with Crippen molar-refractivity contribution in [2.24, 2.45) is 0 Å². The Morgan fingerprint density at radius 3 is 2.17 bits per heavy atom. The highest BCUT2D eigenvalue weighted by atomic mass is 127. The van der Waals surface area contributed by atoms with Crippen LogP contribution in [0.15, 0.2) is 90.1 Å². The van der Waals surface area contributed by atoms with Crippen molar-refractivity contribution >= 4 is 38.3 Å².